The molecule has 0 amide bonds. The van der Waals surface area contributed by atoms with E-state index in [1.807, 2.05) is 91.9 Å². The minimum Gasteiger partial charge on any atom is -0.497 e. The lowest BCUT2D eigenvalue weighted by atomic mass is 10.0. The Labute approximate surface area is 168 Å². The molecule has 3 aromatic carbocycles. The topological polar surface area (TPSA) is 59.4 Å². The van der Waals surface area contributed by atoms with Crippen molar-refractivity contribution in [2.24, 2.45) is 4.99 Å². The Balaban J connectivity index is 1.91. The van der Waals surface area contributed by atoms with Crippen molar-refractivity contribution in [2.45, 2.75) is 6.92 Å². The van der Waals surface area contributed by atoms with E-state index in [9.17, 15) is 4.79 Å². The highest BCUT2D eigenvalue weighted by Gasteiger charge is 2.19. The number of hydrogen-bond acceptors (Lipinski definition) is 3. The molecule has 29 heavy (non-hydrogen) atoms. The van der Waals surface area contributed by atoms with Crippen LogP contribution in [0.3, 0.4) is 0 Å². The molecule has 0 atom stereocenters. The van der Waals surface area contributed by atoms with Crippen molar-refractivity contribution >= 4 is 11.4 Å². The molecule has 0 spiro atoms. The number of aromatic amines is 1. The largest absolute Gasteiger partial charge is 0.497 e. The van der Waals surface area contributed by atoms with Crippen LogP contribution in [0, 0.1) is 0 Å². The first-order valence-electron chi connectivity index (χ1n) is 9.33. The summed E-state index contributed by atoms with van der Waals surface area (Å²) in [6.45, 7) is 1.86. The van der Waals surface area contributed by atoms with Gasteiger partial charge in [0.1, 0.15) is 5.75 Å². The molecule has 4 aromatic rings. The van der Waals surface area contributed by atoms with E-state index in [2.05, 4.69) is 10.1 Å². The van der Waals surface area contributed by atoms with Gasteiger partial charge in [0.15, 0.2) is 0 Å². The number of aliphatic imine (C=N–C) groups is 1. The third-order valence-electron chi connectivity index (χ3n) is 4.70. The van der Waals surface area contributed by atoms with Gasteiger partial charge >= 0.3 is 0 Å². The predicted molar refractivity (Wildman–Crippen MR) is 117 cm³/mol. The molecule has 0 aliphatic heterocycles. The third kappa shape index (κ3) is 3.75. The summed E-state index contributed by atoms with van der Waals surface area (Å²) in [5.41, 5.74) is 4.23. The van der Waals surface area contributed by atoms with Crippen LogP contribution in [0.4, 0.5) is 5.69 Å². The maximum atomic E-state index is 13.3. The van der Waals surface area contributed by atoms with Gasteiger partial charge in [0, 0.05) is 5.56 Å². The van der Waals surface area contributed by atoms with E-state index in [1.54, 1.807) is 11.8 Å². The maximum absolute atomic E-state index is 13.3. The van der Waals surface area contributed by atoms with Crippen LogP contribution in [0.2, 0.25) is 0 Å². The molecule has 0 aliphatic rings. The molecule has 144 valence electrons. The van der Waals surface area contributed by atoms with Gasteiger partial charge in [0.25, 0.3) is 5.56 Å². The highest BCUT2D eigenvalue weighted by atomic mass is 16.5. The van der Waals surface area contributed by atoms with E-state index in [0.29, 0.717) is 11.3 Å². The summed E-state index contributed by atoms with van der Waals surface area (Å²) in [6, 6.07) is 26.7. The highest BCUT2D eigenvalue weighted by Crippen LogP contribution is 2.25. The smallest absolute Gasteiger partial charge is 0.280 e. The quantitative estimate of drug-likeness (QED) is 0.494. The monoisotopic (exact) mass is 383 g/mol. The number of methoxy groups -OCH3 is 1. The molecule has 0 unspecified atom stereocenters. The maximum Gasteiger partial charge on any atom is 0.280 e. The first-order chi connectivity index (χ1) is 14.2. The first-order valence-corrected chi connectivity index (χ1v) is 9.33. The Morgan fingerprint density at radius 2 is 1.52 bits per heavy atom. The first kappa shape index (κ1) is 18.5. The van der Waals surface area contributed by atoms with Crippen molar-refractivity contribution in [2.75, 3.05) is 7.11 Å². The minimum absolute atomic E-state index is 0.140. The van der Waals surface area contributed by atoms with Crippen LogP contribution in [-0.4, -0.2) is 22.6 Å². The zero-order chi connectivity index (χ0) is 20.2. The third-order valence-corrected chi connectivity index (χ3v) is 4.70. The molecular formula is C24H21N3O2. The summed E-state index contributed by atoms with van der Waals surface area (Å²) in [5.74, 6) is 0.759. The van der Waals surface area contributed by atoms with Crippen molar-refractivity contribution in [1.29, 1.82) is 0 Å². The molecule has 4 rings (SSSR count). The fraction of sp³-hybridized carbons (Fsp3) is 0.0833. The van der Waals surface area contributed by atoms with Crippen LogP contribution in [0.25, 0.3) is 16.9 Å². The second kappa shape index (κ2) is 8.02. The number of aromatic nitrogens is 2. The summed E-state index contributed by atoms with van der Waals surface area (Å²) in [7, 11) is 1.63. The van der Waals surface area contributed by atoms with E-state index in [0.717, 1.165) is 28.4 Å². The average molecular weight is 383 g/mol. The number of nitrogens with one attached hydrogen (secondary N) is 1. The van der Waals surface area contributed by atoms with Gasteiger partial charge in [-0.3, -0.25) is 14.9 Å². The van der Waals surface area contributed by atoms with Gasteiger partial charge < -0.3 is 4.74 Å². The van der Waals surface area contributed by atoms with Crippen molar-refractivity contribution in [1.82, 2.24) is 9.78 Å². The molecule has 0 radical (unpaired) electrons. The normalized spacial score (nSPS) is 11.4. The summed E-state index contributed by atoms with van der Waals surface area (Å²) in [6.07, 6.45) is 0. The molecule has 5 nitrogen and oxygen atoms in total. The number of ether oxygens (including phenoxy) is 1. The molecule has 1 N–H and O–H groups in total. The standard InChI is InChI=1S/C24H21N3O2/c1-17(25-19-9-5-3-6-10-19)22-23(18-13-15-21(29-2)16-14-18)26-27(24(22)28)20-11-7-4-8-12-20/h3-16,26H,1-2H3. The molecular weight excluding hydrogens is 362 g/mol. The lowest BCUT2D eigenvalue weighted by molar-refractivity contribution is 0.415. The Kier molecular flexibility index (Phi) is 5.12. The Hall–Kier alpha value is -3.86. The number of hydrogen-bond donors (Lipinski definition) is 1. The van der Waals surface area contributed by atoms with Gasteiger partial charge in [-0.1, -0.05) is 36.4 Å². The van der Waals surface area contributed by atoms with Gasteiger partial charge in [-0.2, -0.15) is 0 Å². The summed E-state index contributed by atoms with van der Waals surface area (Å²) in [5, 5.41) is 3.27. The zero-order valence-electron chi connectivity index (χ0n) is 16.3. The Morgan fingerprint density at radius 3 is 2.14 bits per heavy atom. The van der Waals surface area contributed by atoms with E-state index in [4.69, 9.17) is 4.74 Å². The van der Waals surface area contributed by atoms with E-state index < -0.39 is 0 Å². The summed E-state index contributed by atoms with van der Waals surface area (Å²) < 4.78 is 6.81. The molecule has 0 saturated heterocycles. The molecule has 0 saturated carbocycles. The Bertz CT molecular complexity index is 1190. The van der Waals surface area contributed by atoms with Crippen LogP contribution >= 0.6 is 0 Å². The second-order valence-corrected chi connectivity index (χ2v) is 6.60. The zero-order valence-corrected chi connectivity index (χ0v) is 16.3. The van der Waals surface area contributed by atoms with Crippen LogP contribution in [0.5, 0.6) is 5.75 Å². The van der Waals surface area contributed by atoms with Crippen LogP contribution in [0.1, 0.15) is 12.5 Å². The lowest BCUT2D eigenvalue weighted by Crippen LogP contribution is -2.19. The van der Waals surface area contributed by atoms with Crippen LogP contribution < -0.4 is 10.3 Å². The van der Waals surface area contributed by atoms with Crippen LogP contribution in [0.15, 0.2) is 94.7 Å². The number of benzene rings is 3. The average Bonchev–Trinajstić information content (AvgIpc) is 3.12. The molecule has 0 fully saturated rings. The van der Waals surface area contributed by atoms with Crippen molar-refractivity contribution in [3.05, 3.63) is 101 Å². The molecule has 0 aliphatic carbocycles. The van der Waals surface area contributed by atoms with Gasteiger partial charge in [-0.15, -0.1) is 0 Å². The van der Waals surface area contributed by atoms with Crippen molar-refractivity contribution in [3.8, 4) is 22.7 Å². The number of nitrogens with zero attached hydrogens (tertiary/aromatic N) is 2. The molecule has 1 aromatic heterocycles. The van der Waals surface area contributed by atoms with Crippen molar-refractivity contribution < 1.29 is 4.74 Å². The number of para-hydroxylation sites is 2. The SMILES string of the molecule is COc1ccc(-c2[nH]n(-c3ccccc3)c(=O)c2C(C)=Nc2ccccc2)cc1. The Morgan fingerprint density at radius 1 is 0.897 bits per heavy atom. The lowest BCUT2D eigenvalue weighted by Gasteiger charge is -2.05. The highest BCUT2D eigenvalue weighted by molar-refractivity contribution is 6.04. The van der Waals surface area contributed by atoms with E-state index in [1.165, 1.54) is 0 Å². The van der Waals surface area contributed by atoms with Gasteiger partial charge in [-0.05, 0) is 55.5 Å². The van der Waals surface area contributed by atoms with E-state index in [-0.39, 0.29) is 5.56 Å². The second-order valence-electron chi connectivity index (χ2n) is 6.60. The fourth-order valence-electron chi connectivity index (χ4n) is 3.25. The number of rotatable bonds is 5. The number of H-pyrrole nitrogens is 1. The van der Waals surface area contributed by atoms with Crippen molar-refractivity contribution in [3.63, 3.8) is 0 Å². The van der Waals surface area contributed by atoms with Gasteiger partial charge in [-0.25, -0.2) is 4.68 Å². The van der Waals surface area contributed by atoms with Gasteiger partial charge in [0.2, 0.25) is 0 Å². The van der Waals surface area contributed by atoms with Gasteiger partial charge in [0.05, 0.1) is 35.5 Å². The summed E-state index contributed by atoms with van der Waals surface area (Å²) >= 11 is 0. The van der Waals surface area contributed by atoms with Crippen LogP contribution in [-0.2, 0) is 0 Å². The summed E-state index contributed by atoms with van der Waals surface area (Å²) in [4.78, 5) is 18.0. The molecule has 0 bridgehead atoms. The minimum atomic E-state index is -0.140. The molecule has 5 heteroatoms. The van der Waals surface area contributed by atoms with E-state index >= 15 is 0 Å². The predicted octanol–water partition coefficient (Wildman–Crippen LogP) is 4.98. The fourth-order valence-corrected chi connectivity index (χ4v) is 3.25. The molecule has 1 heterocycles.